The highest BCUT2D eigenvalue weighted by Crippen LogP contribution is 2.37. The third kappa shape index (κ3) is 3.08. The number of anilines is 3. The van der Waals surface area contributed by atoms with Gasteiger partial charge in [0, 0.05) is 29.9 Å². The van der Waals surface area contributed by atoms with Crippen molar-refractivity contribution in [2.75, 3.05) is 17.3 Å². The van der Waals surface area contributed by atoms with Gasteiger partial charge >= 0.3 is 0 Å². The molecule has 0 aliphatic carbocycles. The van der Waals surface area contributed by atoms with Crippen LogP contribution in [0.2, 0.25) is 0 Å². The van der Waals surface area contributed by atoms with Gasteiger partial charge in [0.2, 0.25) is 0 Å². The third-order valence-electron chi connectivity index (χ3n) is 4.76. The van der Waals surface area contributed by atoms with Gasteiger partial charge in [-0.1, -0.05) is 36.4 Å². The molecule has 1 atom stereocenters. The zero-order valence-electron chi connectivity index (χ0n) is 15.0. The van der Waals surface area contributed by atoms with E-state index in [1.807, 2.05) is 30.3 Å². The number of hydrogen-bond acceptors (Lipinski definition) is 5. The molecule has 1 aliphatic heterocycles. The fourth-order valence-corrected chi connectivity index (χ4v) is 3.52. The van der Waals surface area contributed by atoms with E-state index in [4.69, 9.17) is 4.74 Å². The first kappa shape index (κ1) is 16.4. The minimum Gasteiger partial charge on any atom is -0.496 e. The smallest absolute Gasteiger partial charge is 0.138 e. The Morgan fingerprint density at radius 2 is 1.92 bits per heavy atom. The fraction of sp³-hybridized carbons (Fsp3) is 0.238. The lowest BCUT2D eigenvalue weighted by Crippen LogP contribution is -2.25. The normalized spacial score (nSPS) is 15.6. The van der Waals surface area contributed by atoms with Gasteiger partial charge < -0.3 is 15.0 Å². The number of rotatable bonds is 5. The second-order valence-electron chi connectivity index (χ2n) is 6.48. The molecule has 5 heteroatoms. The van der Waals surface area contributed by atoms with Crippen LogP contribution in [0.15, 0.2) is 60.9 Å². The molecule has 1 unspecified atom stereocenters. The molecule has 0 saturated carbocycles. The molecule has 5 nitrogen and oxygen atoms in total. The van der Waals surface area contributed by atoms with Crippen LogP contribution >= 0.6 is 0 Å². The summed E-state index contributed by atoms with van der Waals surface area (Å²) < 4.78 is 5.41. The number of ether oxygens (including phenoxy) is 1. The standard InChI is InChI=1S/C21H22N4O/c1-15-11-16-7-3-5-9-18(16)25(15)21-12-20(23-14-24-21)22-13-17-8-4-6-10-19(17)26-2/h3-10,12,14-15H,11,13H2,1-2H3,(H,22,23,24). The van der Waals surface area contributed by atoms with E-state index in [1.54, 1.807) is 13.4 Å². The molecule has 2 aromatic carbocycles. The maximum Gasteiger partial charge on any atom is 0.138 e. The number of hydrogen-bond donors (Lipinski definition) is 1. The number of methoxy groups -OCH3 is 1. The number of benzene rings is 2. The highest BCUT2D eigenvalue weighted by Gasteiger charge is 2.27. The van der Waals surface area contributed by atoms with Crippen LogP contribution < -0.4 is 15.0 Å². The van der Waals surface area contributed by atoms with Crippen molar-refractivity contribution in [1.29, 1.82) is 0 Å². The van der Waals surface area contributed by atoms with Gasteiger partial charge in [-0.05, 0) is 31.0 Å². The quantitative estimate of drug-likeness (QED) is 0.751. The lowest BCUT2D eigenvalue weighted by atomic mass is 10.1. The van der Waals surface area contributed by atoms with E-state index in [0.29, 0.717) is 12.6 Å². The van der Waals surface area contributed by atoms with Crippen molar-refractivity contribution < 1.29 is 4.74 Å². The van der Waals surface area contributed by atoms with Gasteiger partial charge in [-0.2, -0.15) is 0 Å². The van der Waals surface area contributed by atoms with Crippen molar-refractivity contribution >= 4 is 17.3 Å². The summed E-state index contributed by atoms with van der Waals surface area (Å²) in [5.74, 6) is 2.59. The molecule has 0 saturated heterocycles. The lowest BCUT2D eigenvalue weighted by molar-refractivity contribution is 0.410. The van der Waals surface area contributed by atoms with Crippen LogP contribution in [0.1, 0.15) is 18.1 Å². The zero-order valence-corrected chi connectivity index (χ0v) is 15.0. The van der Waals surface area contributed by atoms with Gasteiger partial charge in [-0.3, -0.25) is 0 Å². The molecule has 0 bridgehead atoms. The predicted octanol–water partition coefficient (Wildman–Crippen LogP) is 4.18. The summed E-state index contributed by atoms with van der Waals surface area (Å²) in [6, 6.07) is 18.9. The first-order chi connectivity index (χ1) is 12.8. The second kappa shape index (κ2) is 7.04. The Balaban J connectivity index is 1.56. The maximum absolute atomic E-state index is 5.41. The van der Waals surface area contributed by atoms with Crippen molar-refractivity contribution in [1.82, 2.24) is 9.97 Å². The van der Waals surface area contributed by atoms with Gasteiger partial charge in [0.1, 0.15) is 23.7 Å². The number of aromatic nitrogens is 2. The minimum absolute atomic E-state index is 0.379. The summed E-state index contributed by atoms with van der Waals surface area (Å²) in [6.45, 7) is 2.87. The van der Waals surface area contributed by atoms with E-state index >= 15 is 0 Å². The maximum atomic E-state index is 5.41. The monoisotopic (exact) mass is 346 g/mol. The summed E-state index contributed by atoms with van der Waals surface area (Å²) in [7, 11) is 1.69. The van der Waals surface area contributed by atoms with Gasteiger partial charge in [0.05, 0.1) is 7.11 Å². The molecule has 0 amide bonds. The molecular formula is C21H22N4O. The van der Waals surface area contributed by atoms with Crippen molar-refractivity contribution in [2.24, 2.45) is 0 Å². The Morgan fingerprint density at radius 1 is 1.12 bits per heavy atom. The number of fused-ring (bicyclic) bond motifs is 1. The first-order valence-corrected chi connectivity index (χ1v) is 8.81. The molecule has 1 aromatic heterocycles. The van der Waals surface area contributed by atoms with Crippen LogP contribution in [0.4, 0.5) is 17.3 Å². The molecule has 1 aliphatic rings. The van der Waals surface area contributed by atoms with Crippen LogP contribution in [-0.4, -0.2) is 23.1 Å². The van der Waals surface area contributed by atoms with E-state index in [-0.39, 0.29) is 0 Å². The predicted molar refractivity (Wildman–Crippen MR) is 104 cm³/mol. The van der Waals surface area contributed by atoms with Gasteiger partial charge in [0.25, 0.3) is 0 Å². The first-order valence-electron chi connectivity index (χ1n) is 8.81. The molecule has 132 valence electrons. The van der Waals surface area contributed by atoms with Crippen LogP contribution in [0, 0.1) is 0 Å². The molecule has 3 aromatic rings. The fourth-order valence-electron chi connectivity index (χ4n) is 3.52. The SMILES string of the molecule is COc1ccccc1CNc1cc(N2c3ccccc3CC2C)ncn1. The number of nitrogens with zero attached hydrogens (tertiary/aromatic N) is 3. The van der Waals surface area contributed by atoms with Crippen molar-refractivity contribution in [3.63, 3.8) is 0 Å². The molecule has 0 radical (unpaired) electrons. The molecular weight excluding hydrogens is 324 g/mol. The van der Waals surface area contributed by atoms with E-state index in [0.717, 1.165) is 29.4 Å². The number of para-hydroxylation sites is 2. The Bertz CT molecular complexity index is 912. The highest BCUT2D eigenvalue weighted by molar-refractivity contribution is 5.70. The van der Waals surface area contributed by atoms with Crippen LogP contribution in [0.25, 0.3) is 0 Å². The number of nitrogens with one attached hydrogen (secondary N) is 1. The van der Waals surface area contributed by atoms with Crippen molar-refractivity contribution in [3.05, 3.63) is 72.1 Å². The van der Waals surface area contributed by atoms with Crippen LogP contribution in [0.5, 0.6) is 5.75 Å². The molecule has 26 heavy (non-hydrogen) atoms. The minimum atomic E-state index is 0.379. The lowest BCUT2D eigenvalue weighted by Gasteiger charge is -2.24. The van der Waals surface area contributed by atoms with E-state index in [9.17, 15) is 0 Å². The average Bonchev–Trinajstić information content (AvgIpc) is 3.02. The van der Waals surface area contributed by atoms with Crippen LogP contribution in [0.3, 0.4) is 0 Å². The second-order valence-corrected chi connectivity index (χ2v) is 6.48. The Kier molecular flexibility index (Phi) is 4.44. The topological polar surface area (TPSA) is 50.3 Å². The summed E-state index contributed by atoms with van der Waals surface area (Å²) >= 11 is 0. The summed E-state index contributed by atoms with van der Waals surface area (Å²) in [6.07, 6.45) is 2.65. The van der Waals surface area contributed by atoms with Crippen molar-refractivity contribution in [2.45, 2.75) is 25.9 Å². The largest absolute Gasteiger partial charge is 0.496 e. The van der Waals surface area contributed by atoms with Gasteiger partial charge in [-0.25, -0.2) is 9.97 Å². The molecule has 0 fully saturated rings. The molecule has 1 N–H and O–H groups in total. The third-order valence-corrected chi connectivity index (χ3v) is 4.76. The van der Waals surface area contributed by atoms with Gasteiger partial charge in [0.15, 0.2) is 0 Å². The molecule has 2 heterocycles. The zero-order chi connectivity index (χ0) is 17.9. The summed E-state index contributed by atoms with van der Waals surface area (Å²) in [5, 5.41) is 3.38. The van der Waals surface area contributed by atoms with Crippen molar-refractivity contribution in [3.8, 4) is 5.75 Å². The average molecular weight is 346 g/mol. The Hall–Kier alpha value is -3.08. The Labute approximate surface area is 153 Å². The van der Waals surface area contributed by atoms with Gasteiger partial charge in [-0.15, -0.1) is 0 Å². The van der Waals surface area contributed by atoms with E-state index < -0.39 is 0 Å². The van der Waals surface area contributed by atoms with Crippen LogP contribution in [-0.2, 0) is 13.0 Å². The molecule has 0 spiro atoms. The van der Waals surface area contributed by atoms with E-state index in [1.165, 1.54) is 11.3 Å². The summed E-state index contributed by atoms with van der Waals surface area (Å²) in [5.41, 5.74) is 3.69. The summed E-state index contributed by atoms with van der Waals surface area (Å²) in [4.78, 5) is 11.2. The molecule has 4 rings (SSSR count). The van der Waals surface area contributed by atoms with E-state index in [2.05, 4.69) is 51.4 Å². The highest BCUT2D eigenvalue weighted by atomic mass is 16.5. The Morgan fingerprint density at radius 3 is 2.81 bits per heavy atom.